The lowest BCUT2D eigenvalue weighted by atomic mass is 10.0. The van der Waals surface area contributed by atoms with Crippen molar-refractivity contribution in [3.63, 3.8) is 0 Å². The molecule has 0 aliphatic carbocycles. The van der Waals surface area contributed by atoms with Crippen LogP contribution in [0.1, 0.15) is 33.3 Å². The smallest absolute Gasteiger partial charge is 0.343 e. The number of para-hydroxylation sites is 1. The quantitative estimate of drug-likeness (QED) is 0.0723. The van der Waals surface area contributed by atoms with E-state index in [9.17, 15) is 14.4 Å². The number of benzene rings is 4. The van der Waals surface area contributed by atoms with Crippen molar-refractivity contribution in [2.75, 3.05) is 7.11 Å². The third-order valence-corrected chi connectivity index (χ3v) is 7.71. The molecular formula is C32H22Br2ClN3O6. The highest BCUT2D eigenvalue weighted by molar-refractivity contribution is 9.11. The van der Waals surface area contributed by atoms with Crippen LogP contribution in [0.5, 0.6) is 17.2 Å². The summed E-state index contributed by atoms with van der Waals surface area (Å²) in [6, 6.07) is 22.5. The summed E-state index contributed by atoms with van der Waals surface area (Å²) >= 11 is 13.4. The molecule has 0 atom stereocenters. The fraction of sp³-hybridized carbons (Fsp3) is 0.0625. The molecule has 0 aliphatic rings. The van der Waals surface area contributed by atoms with Crippen molar-refractivity contribution in [3.8, 4) is 28.4 Å². The van der Waals surface area contributed by atoms with Gasteiger partial charge in [0.05, 0.1) is 23.4 Å². The molecule has 4 aromatic carbocycles. The molecule has 5 rings (SSSR count). The first-order valence-electron chi connectivity index (χ1n) is 12.9. The van der Waals surface area contributed by atoms with Gasteiger partial charge in [-0.15, -0.1) is 0 Å². The molecule has 0 bridgehead atoms. The van der Waals surface area contributed by atoms with Crippen molar-refractivity contribution in [1.29, 1.82) is 0 Å². The maximum atomic E-state index is 13.4. The highest BCUT2D eigenvalue weighted by Crippen LogP contribution is 2.37. The Morgan fingerprint density at radius 3 is 2.43 bits per heavy atom. The van der Waals surface area contributed by atoms with Gasteiger partial charge in [0.2, 0.25) is 0 Å². The molecular weight excluding hydrogens is 718 g/mol. The summed E-state index contributed by atoms with van der Waals surface area (Å²) in [4.78, 5) is 41.0. The van der Waals surface area contributed by atoms with E-state index in [2.05, 4.69) is 47.4 Å². The minimum atomic E-state index is -0.707. The van der Waals surface area contributed by atoms with Crippen molar-refractivity contribution in [2.45, 2.75) is 6.92 Å². The van der Waals surface area contributed by atoms with Gasteiger partial charge in [0.1, 0.15) is 5.69 Å². The number of hydrogen-bond donors (Lipinski definition) is 2. The number of nitrogens with zero attached hydrogens (tertiary/aromatic N) is 1. The van der Waals surface area contributed by atoms with Crippen LogP contribution < -0.4 is 19.6 Å². The van der Waals surface area contributed by atoms with Gasteiger partial charge in [0.15, 0.2) is 17.2 Å². The number of hydrogen-bond acceptors (Lipinski definition) is 7. The van der Waals surface area contributed by atoms with E-state index < -0.39 is 17.8 Å². The van der Waals surface area contributed by atoms with Crippen LogP contribution in [0.15, 0.2) is 92.9 Å². The summed E-state index contributed by atoms with van der Waals surface area (Å²) in [5.74, 6) is -1.24. The van der Waals surface area contributed by atoms with Crippen molar-refractivity contribution in [1.82, 2.24) is 10.4 Å². The largest absolute Gasteiger partial charge is 0.493 e. The fourth-order valence-electron chi connectivity index (χ4n) is 4.44. The maximum absolute atomic E-state index is 13.4. The normalized spacial score (nSPS) is 11.0. The van der Waals surface area contributed by atoms with Crippen LogP contribution in [0, 0.1) is 0 Å². The van der Waals surface area contributed by atoms with Gasteiger partial charge in [0, 0.05) is 44.0 Å². The summed E-state index contributed by atoms with van der Waals surface area (Å²) in [7, 11) is 1.39. The number of H-pyrrole nitrogens is 1. The molecule has 44 heavy (non-hydrogen) atoms. The molecule has 2 N–H and O–H groups in total. The molecule has 0 fully saturated rings. The summed E-state index contributed by atoms with van der Waals surface area (Å²) in [5, 5.41) is 5.49. The summed E-state index contributed by atoms with van der Waals surface area (Å²) < 4.78 is 17.2. The Morgan fingerprint density at radius 1 is 0.932 bits per heavy atom. The molecule has 1 aromatic heterocycles. The summed E-state index contributed by atoms with van der Waals surface area (Å²) in [6.07, 6.45) is 1.36. The van der Waals surface area contributed by atoms with Crippen molar-refractivity contribution in [3.05, 3.63) is 110 Å². The number of carbonyl (C=O) groups excluding carboxylic acids is 3. The van der Waals surface area contributed by atoms with Crippen molar-refractivity contribution < 1.29 is 28.6 Å². The van der Waals surface area contributed by atoms with Crippen LogP contribution in [0.4, 0.5) is 0 Å². The number of nitrogens with one attached hydrogen (secondary N) is 2. The monoisotopic (exact) mass is 737 g/mol. The van der Waals surface area contributed by atoms with E-state index in [0.29, 0.717) is 30.7 Å². The Labute approximate surface area is 273 Å². The van der Waals surface area contributed by atoms with E-state index in [1.807, 2.05) is 42.5 Å². The molecule has 1 amide bonds. The topological polar surface area (TPSA) is 119 Å². The Balaban J connectivity index is 1.41. The van der Waals surface area contributed by atoms with E-state index in [1.54, 1.807) is 18.2 Å². The average molecular weight is 740 g/mol. The van der Waals surface area contributed by atoms with E-state index in [4.69, 9.17) is 25.8 Å². The molecule has 9 nitrogen and oxygen atoms in total. The third kappa shape index (κ3) is 6.70. The number of rotatable bonds is 8. The molecule has 0 radical (unpaired) electrons. The lowest BCUT2D eigenvalue weighted by molar-refractivity contribution is -0.132. The van der Waals surface area contributed by atoms with Gasteiger partial charge < -0.3 is 19.2 Å². The molecule has 1 heterocycles. The maximum Gasteiger partial charge on any atom is 0.343 e. The zero-order valence-corrected chi connectivity index (χ0v) is 27.0. The lowest BCUT2D eigenvalue weighted by Crippen LogP contribution is -2.19. The van der Waals surface area contributed by atoms with Gasteiger partial charge in [0.25, 0.3) is 5.91 Å². The van der Waals surface area contributed by atoms with Crippen LogP contribution >= 0.6 is 43.5 Å². The van der Waals surface area contributed by atoms with E-state index >= 15 is 0 Å². The van der Waals surface area contributed by atoms with E-state index in [-0.39, 0.29) is 28.5 Å². The van der Waals surface area contributed by atoms with Gasteiger partial charge in [-0.25, -0.2) is 10.2 Å². The van der Waals surface area contributed by atoms with Crippen LogP contribution in [-0.4, -0.2) is 36.2 Å². The second-order valence-corrected chi connectivity index (χ2v) is 11.4. The van der Waals surface area contributed by atoms with Crippen LogP contribution in [0.3, 0.4) is 0 Å². The molecule has 0 saturated heterocycles. The van der Waals surface area contributed by atoms with Gasteiger partial charge in [-0.3, -0.25) is 9.59 Å². The third-order valence-electron chi connectivity index (χ3n) is 6.33. The van der Waals surface area contributed by atoms with Crippen LogP contribution in [0.2, 0.25) is 5.02 Å². The Hall–Kier alpha value is -4.45. The van der Waals surface area contributed by atoms with Crippen molar-refractivity contribution in [2.24, 2.45) is 5.10 Å². The first-order chi connectivity index (χ1) is 21.2. The van der Waals surface area contributed by atoms with Crippen LogP contribution in [0.25, 0.3) is 22.0 Å². The van der Waals surface area contributed by atoms with Crippen LogP contribution in [-0.2, 0) is 4.79 Å². The highest BCUT2D eigenvalue weighted by Gasteiger charge is 2.21. The Morgan fingerprint density at radius 2 is 1.68 bits per heavy atom. The second-order valence-electron chi connectivity index (χ2n) is 9.25. The van der Waals surface area contributed by atoms with E-state index in [0.717, 1.165) is 10.9 Å². The fourth-order valence-corrected chi connectivity index (χ4v) is 6.01. The van der Waals surface area contributed by atoms with Gasteiger partial charge in [-0.05, 0) is 58.4 Å². The molecule has 0 spiro atoms. The van der Waals surface area contributed by atoms with Gasteiger partial charge in [-0.1, -0.05) is 63.9 Å². The first kappa shape index (κ1) is 31.0. The number of esters is 2. The minimum absolute atomic E-state index is 0.148. The van der Waals surface area contributed by atoms with Gasteiger partial charge in [-0.2, -0.15) is 5.10 Å². The number of halogens is 3. The average Bonchev–Trinajstić information content (AvgIpc) is 3.38. The predicted molar refractivity (Wildman–Crippen MR) is 175 cm³/mol. The molecule has 0 saturated carbocycles. The summed E-state index contributed by atoms with van der Waals surface area (Å²) in [5.41, 5.74) is 5.47. The number of aromatic amines is 1. The standard InChI is InChI=1S/C32H22Br2ClN3O6/c1-17(39)43-26-12-11-18(14-27(26)42-2)32(41)44-30-19(13-20(33)15-23(30)34)16-36-38-31(40)29-28(21-7-3-5-9-24(21)35)22-8-4-6-10-25(22)37-29/h3-16,37H,1-2H3,(H,38,40). The predicted octanol–water partition coefficient (Wildman–Crippen LogP) is 7.93. The number of amides is 1. The molecule has 0 aliphatic heterocycles. The molecule has 0 unspecified atom stereocenters. The summed E-state index contributed by atoms with van der Waals surface area (Å²) in [6.45, 7) is 1.26. The number of hydrazone groups is 1. The van der Waals surface area contributed by atoms with E-state index in [1.165, 1.54) is 38.4 Å². The molecule has 5 aromatic rings. The number of aromatic nitrogens is 1. The minimum Gasteiger partial charge on any atom is -0.493 e. The number of carbonyl (C=O) groups is 3. The number of ether oxygens (including phenoxy) is 3. The Bertz CT molecular complexity index is 1960. The van der Waals surface area contributed by atoms with Crippen molar-refractivity contribution >= 4 is 78.4 Å². The number of methoxy groups -OCH3 is 1. The Kier molecular flexibility index (Phi) is 9.48. The number of fused-ring (bicyclic) bond motifs is 1. The highest BCUT2D eigenvalue weighted by atomic mass is 79.9. The first-order valence-corrected chi connectivity index (χ1v) is 14.9. The molecule has 222 valence electrons. The van der Waals surface area contributed by atoms with Gasteiger partial charge >= 0.3 is 11.9 Å². The molecule has 12 heteroatoms. The zero-order valence-electron chi connectivity index (χ0n) is 23.1. The zero-order chi connectivity index (χ0) is 31.4. The SMILES string of the molecule is COc1cc(C(=O)Oc2c(Br)cc(Br)cc2C=NNC(=O)c2[nH]c3ccccc3c2-c2ccccc2Cl)ccc1OC(C)=O. The lowest BCUT2D eigenvalue weighted by Gasteiger charge is -2.12. The second kappa shape index (κ2) is 13.5.